The topological polar surface area (TPSA) is 17.1 Å². The third-order valence-electron chi connectivity index (χ3n) is 1.13. The normalized spacial score (nSPS) is 29.3. The Labute approximate surface area is 43.0 Å². The van der Waals surface area contributed by atoms with Gasteiger partial charge in [-0.05, 0) is 12.0 Å². The lowest BCUT2D eigenvalue weighted by atomic mass is 10.2. The molecule has 38 valence electrons. The van der Waals surface area contributed by atoms with Gasteiger partial charge >= 0.3 is 0 Å². The Morgan fingerprint density at radius 1 is 1.86 bits per heavy atom. The summed E-state index contributed by atoms with van der Waals surface area (Å²) in [7, 11) is 0. The first-order chi connectivity index (χ1) is 3.29. The molecule has 0 N–H and O–H groups in total. The van der Waals surface area contributed by atoms with Crippen LogP contribution < -0.4 is 0 Å². The largest absolute Gasteiger partial charge is 0.295 e. The van der Waals surface area contributed by atoms with Gasteiger partial charge in [0.1, 0.15) is 0 Å². The van der Waals surface area contributed by atoms with Crippen LogP contribution >= 0.6 is 0 Å². The highest BCUT2D eigenvalue weighted by molar-refractivity contribution is 5.92. The Morgan fingerprint density at radius 3 is 2.71 bits per heavy atom. The molecule has 1 atom stereocenters. The van der Waals surface area contributed by atoms with E-state index in [2.05, 4.69) is 0 Å². The van der Waals surface area contributed by atoms with Crippen molar-refractivity contribution in [1.82, 2.24) is 0 Å². The first-order valence-corrected chi connectivity index (χ1v) is 2.50. The van der Waals surface area contributed by atoms with E-state index in [1.165, 1.54) is 0 Å². The van der Waals surface area contributed by atoms with E-state index in [0.717, 1.165) is 6.42 Å². The monoisotopic (exact) mass is 96.1 g/mol. The van der Waals surface area contributed by atoms with Crippen LogP contribution in [0.1, 0.15) is 13.3 Å². The lowest BCUT2D eigenvalue weighted by Crippen LogP contribution is -1.88. The highest BCUT2D eigenvalue weighted by Crippen LogP contribution is 2.11. The number of carbonyl (C=O) groups excluding carboxylic acids is 1. The molecule has 0 aromatic heterocycles. The van der Waals surface area contributed by atoms with Crippen LogP contribution in [-0.2, 0) is 4.79 Å². The van der Waals surface area contributed by atoms with Gasteiger partial charge in [0, 0.05) is 6.42 Å². The summed E-state index contributed by atoms with van der Waals surface area (Å²) < 4.78 is 0. The van der Waals surface area contributed by atoms with Gasteiger partial charge in [0.2, 0.25) is 0 Å². The van der Waals surface area contributed by atoms with Crippen molar-refractivity contribution in [2.24, 2.45) is 5.92 Å². The molecule has 1 nitrogen and oxygen atoms in total. The minimum Gasteiger partial charge on any atom is -0.295 e. The Kier molecular flexibility index (Phi) is 0.970. The quantitative estimate of drug-likeness (QED) is 0.442. The van der Waals surface area contributed by atoms with Gasteiger partial charge in [0.25, 0.3) is 0 Å². The highest BCUT2D eigenvalue weighted by atomic mass is 16.1. The Bertz CT molecular complexity index is 113. The van der Waals surface area contributed by atoms with Crippen molar-refractivity contribution in [3.8, 4) is 0 Å². The van der Waals surface area contributed by atoms with Crippen molar-refractivity contribution >= 4 is 5.78 Å². The van der Waals surface area contributed by atoms with E-state index in [-0.39, 0.29) is 5.78 Å². The summed E-state index contributed by atoms with van der Waals surface area (Å²) in [6.07, 6.45) is 4.33. The third kappa shape index (κ3) is 0.889. The van der Waals surface area contributed by atoms with Gasteiger partial charge < -0.3 is 0 Å². The lowest BCUT2D eigenvalue weighted by Gasteiger charge is -1.88. The van der Waals surface area contributed by atoms with E-state index in [1.54, 1.807) is 6.08 Å². The summed E-state index contributed by atoms with van der Waals surface area (Å²) in [6, 6.07) is 0. The van der Waals surface area contributed by atoms with Gasteiger partial charge in [-0.3, -0.25) is 4.79 Å². The van der Waals surface area contributed by atoms with Crippen LogP contribution in [0.2, 0.25) is 0 Å². The molecule has 1 heteroatoms. The SMILES string of the molecule is CC1C=CC(=O)C1. The molecule has 0 aromatic carbocycles. The second kappa shape index (κ2) is 1.49. The van der Waals surface area contributed by atoms with E-state index in [4.69, 9.17) is 0 Å². The molecule has 0 radical (unpaired) electrons. The predicted octanol–water partition coefficient (Wildman–Crippen LogP) is 1.15. The van der Waals surface area contributed by atoms with Crippen molar-refractivity contribution in [3.05, 3.63) is 12.2 Å². The molecule has 0 heterocycles. The molecule has 0 aromatic rings. The minimum absolute atomic E-state index is 0.271. The maximum Gasteiger partial charge on any atom is 0.155 e. The Hall–Kier alpha value is -0.590. The summed E-state index contributed by atoms with van der Waals surface area (Å²) in [5.41, 5.74) is 0. The van der Waals surface area contributed by atoms with E-state index >= 15 is 0 Å². The zero-order valence-corrected chi connectivity index (χ0v) is 4.35. The highest BCUT2D eigenvalue weighted by Gasteiger charge is 2.08. The Morgan fingerprint density at radius 2 is 2.57 bits per heavy atom. The Balaban J connectivity index is 2.58. The molecule has 0 spiro atoms. The fourth-order valence-electron chi connectivity index (χ4n) is 0.725. The maximum absolute atomic E-state index is 10.4. The van der Waals surface area contributed by atoms with Crippen LogP contribution in [0, 0.1) is 5.92 Å². The third-order valence-corrected chi connectivity index (χ3v) is 1.13. The number of hydrogen-bond acceptors (Lipinski definition) is 1. The van der Waals surface area contributed by atoms with Crippen molar-refractivity contribution in [2.75, 3.05) is 0 Å². The van der Waals surface area contributed by atoms with Crippen LogP contribution in [0.5, 0.6) is 0 Å². The van der Waals surface area contributed by atoms with E-state index in [0.29, 0.717) is 5.92 Å². The smallest absolute Gasteiger partial charge is 0.155 e. The number of carbonyl (C=O) groups is 1. The van der Waals surface area contributed by atoms with Gasteiger partial charge in [-0.25, -0.2) is 0 Å². The molecule has 1 aliphatic carbocycles. The minimum atomic E-state index is 0.271. The van der Waals surface area contributed by atoms with Gasteiger partial charge in [-0.1, -0.05) is 13.0 Å². The van der Waals surface area contributed by atoms with Crippen molar-refractivity contribution < 1.29 is 4.79 Å². The molecule has 0 aliphatic heterocycles. The summed E-state index contributed by atoms with van der Waals surface area (Å²) in [5.74, 6) is 0.764. The van der Waals surface area contributed by atoms with Gasteiger partial charge in [-0.15, -0.1) is 0 Å². The predicted molar refractivity (Wildman–Crippen MR) is 27.9 cm³/mol. The molecule has 0 saturated carbocycles. The van der Waals surface area contributed by atoms with Gasteiger partial charge in [0.15, 0.2) is 5.78 Å². The molecule has 1 unspecified atom stereocenters. The maximum atomic E-state index is 10.4. The summed E-state index contributed by atoms with van der Waals surface area (Å²) in [6.45, 7) is 2.04. The van der Waals surface area contributed by atoms with Crippen LogP contribution in [0.3, 0.4) is 0 Å². The molecular formula is C6H8O. The van der Waals surface area contributed by atoms with Crippen LogP contribution in [0.25, 0.3) is 0 Å². The molecule has 7 heavy (non-hydrogen) atoms. The molecule has 0 saturated heterocycles. The van der Waals surface area contributed by atoms with Crippen LogP contribution in [0.15, 0.2) is 12.2 Å². The average Bonchev–Trinajstić information content (AvgIpc) is 1.87. The zero-order chi connectivity index (χ0) is 5.28. The number of ketones is 1. The van der Waals surface area contributed by atoms with Crippen molar-refractivity contribution in [2.45, 2.75) is 13.3 Å². The molecule has 0 bridgehead atoms. The first kappa shape index (κ1) is 4.57. The fraction of sp³-hybridized carbons (Fsp3) is 0.500. The summed E-state index contributed by atoms with van der Waals surface area (Å²) in [5, 5.41) is 0. The molecule has 0 fully saturated rings. The number of rotatable bonds is 0. The number of allylic oxidation sites excluding steroid dienone is 2. The molecule has 0 amide bonds. The van der Waals surface area contributed by atoms with Crippen LogP contribution in [-0.4, -0.2) is 5.78 Å². The van der Waals surface area contributed by atoms with Crippen LogP contribution in [0.4, 0.5) is 0 Å². The van der Waals surface area contributed by atoms with E-state index < -0.39 is 0 Å². The van der Waals surface area contributed by atoms with Crippen molar-refractivity contribution in [3.63, 3.8) is 0 Å². The molecule has 1 rings (SSSR count). The molecule has 1 aliphatic rings. The number of hydrogen-bond donors (Lipinski definition) is 0. The van der Waals surface area contributed by atoms with Gasteiger partial charge in [0.05, 0.1) is 0 Å². The van der Waals surface area contributed by atoms with E-state index in [1.807, 2.05) is 13.0 Å². The second-order valence-electron chi connectivity index (χ2n) is 2.01. The average molecular weight is 96.1 g/mol. The van der Waals surface area contributed by atoms with E-state index in [9.17, 15) is 4.79 Å². The first-order valence-electron chi connectivity index (χ1n) is 2.50. The lowest BCUT2D eigenvalue weighted by molar-refractivity contribution is -0.114. The fourth-order valence-corrected chi connectivity index (χ4v) is 0.725. The second-order valence-corrected chi connectivity index (χ2v) is 2.01. The standard InChI is InChI=1S/C6H8O/c1-5-2-3-6(7)4-5/h2-3,5H,4H2,1H3. The van der Waals surface area contributed by atoms with Gasteiger partial charge in [-0.2, -0.15) is 0 Å². The van der Waals surface area contributed by atoms with Crippen molar-refractivity contribution in [1.29, 1.82) is 0 Å². The zero-order valence-electron chi connectivity index (χ0n) is 4.35. The molecular weight excluding hydrogens is 88.1 g/mol. The summed E-state index contributed by atoms with van der Waals surface area (Å²) >= 11 is 0. The summed E-state index contributed by atoms with van der Waals surface area (Å²) in [4.78, 5) is 10.4.